The SMILES string of the molecule is Cc1cc(C)c(C(=O)c2ccc(Br)cc2)cc1C. The molecule has 0 aliphatic carbocycles. The largest absolute Gasteiger partial charge is 0.289 e. The second kappa shape index (κ2) is 5.07. The molecule has 0 aliphatic rings. The van der Waals surface area contributed by atoms with E-state index in [0.717, 1.165) is 26.7 Å². The molecule has 0 aliphatic heterocycles. The van der Waals surface area contributed by atoms with Gasteiger partial charge in [0.2, 0.25) is 0 Å². The van der Waals surface area contributed by atoms with Crippen molar-refractivity contribution in [1.82, 2.24) is 0 Å². The van der Waals surface area contributed by atoms with Crippen LogP contribution in [0.1, 0.15) is 32.6 Å². The van der Waals surface area contributed by atoms with Crippen molar-refractivity contribution in [3.63, 3.8) is 0 Å². The molecule has 2 aromatic carbocycles. The van der Waals surface area contributed by atoms with Gasteiger partial charge in [-0.2, -0.15) is 0 Å². The number of rotatable bonds is 2. The molecule has 0 N–H and O–H groups in total. The normalized spacial score (nSPS) is 10.4. The molecule has 0 saturated heterocycles. The van der Waals surface area contributed by atoms with E-state index in [2.05, 4.69) is 28.9 Å². The fraction of sp³-hybridized carbons (Fsp3) is 0.188. The van der Waals surface area contributed by atoms with Crippen molar-refractivity contribution >= 4 is 21.7 Å². The van der Waals surface area contributed by atoms with Gasteiger partial charge in [-0.25, -0.2) is 0 Å². The fourth-order valence-electron chi connectivity index (χ4n) is 1.96. The van der Waals surface area contributed by atoms with Crippen molar-refractivity contribution in [3.05, 3.63) is 68.7 Å². The monoisotopic (exact) mass is 302 g/mol. The van der Waals surface area contributed by atoms with Crippen LogP contribution in [-0.4, -0.2) is 5.78 Å². The molecule has 0 bridgehead atoms. The van der Waals surface area contributed by atoms with Crippen LogP contribution in [0.2, 0.25) is 0 Å². The molecular formula is C16H15BrO. The van der Waals surface area contributed by atoms with E-state index in [1.165, 1.54) is 5.56 Å². The Kier molecular flexibility index (Phi) is 3.67. The molecule has 0 radical (unpaired) electrons. The Hall–Kier alpha value is -1.41. The highest BCUT2D eigenvalue weighted by Crippen LogP contribution is 2.20. The molecule has 2 rings (SSSR count). The lowest BCUT2D eigenvalue weighted by atomic mass is 9.95. The highest BCUT2D eigenvalue weighted by atomic mass is 79.9. The molecule has 0 saturated carbocycles. The summed E-state index contributed by atoms with van der Waals surface area (Å²) in [6.45, 7) is 6.09. The Bertz CT molecular complexity index is 597. The van der Waals surface area contributed by atoms with Crippen LogP contribution in [0.3, 0.4) is 0 Å². The zero-order valence-electron chi connectivity index (χ0n) is 10.8. The fourth-order valence-corrected chi connectivity index (χ4v) is 2.23. The molecule has 0 aromatic heterocycles. The summed E-state index contributed by atoms with van der Waals surface area (Å²) in [4.78, 5) is 12.4. The van der Waals surface area contributed by atoms with Gasteiger partial charge in [-0.05, 0) is 67.8 Å². The predicted octanol–water partition coefficient (Wildman–Crippen LogP) is 4.61. The summed E-state index contributed by atoms with van der Waals surface area (Å²) in [5, 5.41) is 0. The molecule has 92 valence electrons. The molecule has 0 atom stereocenters. The molecule has 0 spiro atoms. The first-order valence-electron chi connectivity index (χ1n) is 5.87. The topological polar surface area (TPSA) is 17.1 Å². The van der Waals surface area contributed by atoms with E-state index in [0.29, 0.717) is 0 Å². The highest BCUT2D eigenvalue weighted by Gasteiger charge is 2.12. The van der Waals surface area contributed by atoms with Gasteiger partial charge in [0, 0.05) is 15.6 Å². The highest BCUT2D eigenvalue weighted by molar-refractivity contribution is 9.10. The van der Waals surface area contributed by atoms with Crippen molar-refractivity contribution < 1.29 is 4.79 Å². The number of halogens is 1. The third kappa shape index (κ3) is 2.54. The number of carbonyl (C=O) groups is 1. The van der Waals surface area contributed by atoms with Crippen LogP contribution >= 0.6 is 15.9 Å². The summed E-state index contributed by atoms with van der Waals surface area (Å²) >= 11 is 3.38. The van der Waals surface area contributed by atoms with Gasteiger partial charge >= 0.3 is 0 Å². The Labute approximate surface area is 116 Å². The number of hydrogen-bond donors (Lipinski definition) is 0. The molecular weight excluding hydrogens is 288 g/mol. The van der Waals surface area contributed by atoms with E-state index in [1.54, 1.807) is 0 Å². The maximum atomic E-state index is 12.4. The molecule has 0 amide bonds. The van der Waals surface area contributed by atoms with E-state index >= 15 is 0 Å². The Balaban J connectivity index is 2.46. The summed E-state index contributed by atoms with van der Waals surface area (Å²) in [6, 6.07) is 11.5. The van der Waals surface area contributed by atoms with Crippen LogP contribution in [0.5, 0.6) is 0 Å². The minimum Gasteiger partial charge on any atom is -0.289 e. The van der Waals surface area contributed by atoms with Crippen LogP contribution in [-0.2, 0) is 0 Å². The second-order valence-corrected chi connectivity index (χ2v) is 5.50. The Morgan fingerprint density at radius 2 is 1.44 bits per heavy atom. The number of hydrogen-bond acceptors (Lipinski definition) is 1. The third-order valence-electron chi connectivity index (χ3n) is 3.19. The lowest BCUT2D eigenvalue weighted by Crippen LogP contribution is -2.04. The first kappa shape index (κ1) is 13.0. The van der Waals surface area contributed by atoms with Crippen molar-refractivity contribution in [2.45, 2.75) is 20.8 Å². The zero-order valence-corrected chi connectivity index (χ0v) is 12.3. The van der Waals surface area contributed by atoms with Gasteiger partial charge in [-0.3, -0.25) is 4.79 Å². The quantitative estimate of drug-likeness (QED) is 0.741. The number of benzene rings is 2. The average Bonchev–Trinajstić information content (AvgIpc) is 2.34. The van der Waals surface area contributed by atoms with E-state index in [9.17, 15) is 4.79 Å². The molecule has 2 aromatic rings. The van der Waals surface area contributed by atoms with Gasteiger partial charge in [0.1, 0.15) is 0 Å². The standard InChI is InChI=1S/C16H15BrO/c1-10-8-12(3)15(9-11(10)2)16(18)13-4-6-14(17)7-5-13/h4-9H,1-3H3. The maximum absolute atomic E-state index is 12.4. The summed E-state index contributed by atoms with van der Waals surface area (Å²) in [7, 11) is 0. The summed E-state index contributed by atoms with van der Waals surface area (Å²) < 4.78 is 0.982. The van der Waals surface area contributed by atoms with Crippen molar-refractivity contribution in [2.75, 3.05) is 0 Å². The van der Waals surface area contributed by atoms with Gasteiger partial charge < -0.3 is 0 Å². The van der Waals surface area contributed by atoms with Crippen LogP contribution in [0, 0.1) is 20.8 Å². The Morgan fingerprint density at radius 1 is 0.889 bits per heavy atom. The minimum atomic E-state index is 0.0862. The third-order valence-corrected chi connectivity index (χ3v) is 3.72. The van der Waals surface area contributed by atoms with Crippen molar-refractivity contribution in [3.8, 4) is 0 Å². The zero-order chi connectivity index (χ0) is 13.3. The number of carbonyl (C=O) groups excluding carboxylic acids is 1. The van der Waals surface area contributed by atoms with E-state index < -0.39 is 0 Å². The summed E-state index contributed by atoms with van der Waals surface area (Å²) in [5.74, 6) is 0.0862. The molecule has 0 fully saturated rings. The smallest absolute Gasteiger partial charge is 0.193 e. The van der Waals surface area contributed by atoms with Crippen LogP contribution in [0.15, 0.2) is 40.9 Å². The first-order chi connectivity index (χ1) is 8.49. The van der Waals surface area contributed by atoms with Gasteiger partial charge in [0.05, 0.1) is 0 Å². The lowest BCUT2D eigenvalue weighted by molar-refractivity contribution is 0.103. The van der Waals surface area contributed by atoms with Crippen molar-refractivity contribution in [1.29, 1.82) is 0 Å². The maximum Gasteiger partial charge on any atom is 0.193 e. The average molecular weight is 303 g/mol. The van der Waals surface area contributed by atoms with Gasteiger partial charge in [0.25, 0.3) is 0 Å². The van der Waals surface area contributed by atoms with Gasteiger partial charge in [-0.15, -0.1) is 0 Å². The molecule has 1 nitrogen and oxygen atoms in total. The second-order valence-electron chi connectivity index (χ2n) is 4.59. The van der Waals surface area contributed by atoms with E-state index in [-0.39, 0.29) is 5.78 Å². The number of ketones is 1. The van der Waals surface area contributed by atoms with Crippen molar-refractivity contribution in [2.24, 2.45) is 0 Å². The van der Waals surface area contributed by atoms with Crippen LogP contribution in [0.4, 0.5) is 0 Å². The minimum absolute atomic E-state index is 0.0862. The predicted molar refractivity (Wildman–Crippen MR) is 78.2 cm³/mol. The number of aryl methyl sites for hydroxylation is 3. The first-order valence-corrected chi connectivity index (χ1v) is 6.66. The lowest BCUT2D eigenvalue weighted by Gasteiger charge is -2.09. The van der Waals surface area contributed by atoms with Gasteiger partial charge in [-0.1, -0.05) is 22.0 Å². The van der Waals surface area contributed by atoms with Crippen LogP contribution in [0.25, 0.3) is 0 Å². The molecule has 18 heavy (non-hydrogen) atoms. The molecule has 0 heterocycles. The van der Waals surface area contributed by atoms with Gasteiger partial charge in [0.15, 0.2) is 5.78 Å². The van der Waals surface area contributed by atoms with Crippen LogP contribution < -0.4 is 0 Å². The summed E-state index contributed by atoms with van der Waals surface area (Å²) in [5.41, 5.74) is 4.93. The molecule has 0 unspecified atom stereocenters. The van der Waals surface area contributed by atoms with E-state index in [1.807, 2.05) is 44.2 Å². The Morgan fingerprint density at radius 3 is 2.06 bits per heavy atom. The molecule has 2 heteroatoms. The summed E-state index contributed by atoms with van der Waals surface area (Å²) in [6.07, 6.45) is 0. The van der Waals surface area contributed by atoms with E-state index in [4.69, 9.17) is 0 Å².